The maximum Gasteiger partial charge on any atom is 0.315 e. The first kappa shape index (κ1) is 13.4. The zero-order valence-corrected chi connectivity index (χ0v) is 9.59. The normalized spacial score (nSPS) is 11.3. The summed E-state index contributed by atoms with van der Waals surface area (Å²) in [6, 6.07) is 5.65. The highest BCUT2D eigenvalue weighted by Crippen LogP contribution is 2.22. The van der Waals surface area contributed by atoms with E-state index in [1.165, 1.54) is 24.3 Å². The van der Waals surface area contributed by atoms with Crippen molar-refractivity contribution in [1.29, 1.82) is 0 Å². The SMILES string of the molecule is CS(=O)(=O)Nc1ccccc1NC(=O)C(F)F. The maximum absolute atomic E-state index is 12.0. The van der Waals surface area contributed by atoms with Crippen molar-refractivity contribution in [2.75, 3.05) is 16.3 Å². The highest BCUT2D eigenvalue weighted by Gasteiger charge is 2.17. The van der Waals surface area contributed by atoms with E-state index in [0.717, 1.165) is 6.26 Å². The molecular formula is C9H10F2N2O3S. The zero-order chi connectivity index (χ0) is 13.1. The standard InChI is InChI=1S/C9H10F2N2O3S/c1-17(15,16)13-7-5-3-2-4-6(7)12-9(14)8(10)11/h2-5,8,13H,1H3,(H,12,14). The van der Waals surface area contributed by atoms with E-state index in [9.17, 15) is 22.0 Å². The van der Waals surface area contributed by atoms with Gasteiger partial charge in [-0.25, -0.2) is 8.42 Å². The molecule has 5 nitrogen and oxygen atoms in total. The van der Waals surface area contributed by atoms with Gasteiger partial charge in [0.25, 0.3) is 5.91 Å². The molecule has 0 aliphatic heterocycles. The third kappa shape index (κ3) is 4.35. The van der Waals surface area contributed by atoms with Gasteiger partial charge in [-0.15, -0.1) is 0 Å². The Morgan fingerprint density at radius 2 is 1.76 bits per heavy atom. The molecule has 0 bridgehead atoms. The predicted octanol–water partition coefficient (Wildman–Crippen LogP) is 1.26. The van der Waals surface area contributed by atoms with E-state index >= 15 is 0 Å². The predicted molar refractivity (Wildman–Crippen MR) is 59.5 cm³/mol. The minimum atomic E-state index is -3.54. The van der Waals surface area contributed by atoms with Crippen molar-refractivity contribution < 1.29 is 22.0 Å². The summed E-state index contributed by atoms with van der Waals surface area (Å²) >= 11 is 0. The van der Waals surface area contributed by atoms with Gasteiger partial charge in [0.1, 0.15) is 0 Å². The van der Waals surface area contributed by atoms with Crippen LogP contribution in [0.1, 0.15) is 0 Å². The largest absolute Gasteiger partial charge is 0.319 e. The summed E-state index contributed by atoms with van der Waals surface area (Å²) in [6.45, 7) is 0. The van der Waals surface area contributed by atoms with Crippen molar-refractivity contribution >= 4 is 27.3 Å². The fraction of sp³-hybridized carbons (Fsp3) is 0.222. The molecule has 2 N–H and O–H groups in total. The number of para-hydroxylation sites is 2. The van der Waals surface area contributed by atoms with E-state index in [-0.39, 0.29) is 11.4 Å². The average molecular weight is 264 g/mol. The summed E-state index contributed by atoms with van der Waals surface area (Å²) in [5.74, 6) is -1.49. The fourth-order valence-corrected chi connectivity index (χ4v) is 1.65. The van der Waals surface area contributed by atoms with E-state index in [2.05, 4.69) is 4.72 Å². The lowest BCUT2D eigenvalue weighted by atomic mass is 10.2. The third-order valence-electron chi connectivity index (χ3n) is 1.68. The average Bonchev–Trinajstić information content (AvgIpc) is 2.18. The number of sulfonamides is 1. The molecule has 1 aromatic rings. The summed E-state index contributed by atoms with van der Waals surface area (Å²) in [5, 5.41) is 1.92. The molecule has 94 valence electrons. The molecule has 0 saturated carbocycles. The first-order valence-corrected chi connectivity index (χ1v) is 6.34. The van der Waals surface area contributed by atoms with Crippen LogP contribution in [0.2, 0.25) is 0 Å². The van der Waals surface area contributed by atoms with Crippen molar-refractivity contribution in [2.45, 2.75) is 6.43 Å². The molecule has 1 amide bonds. The molecule has 0 radical (unpaired) electrons. The van der Waals surface area contributed by atoms with Crippen molar-refractivity contribution in [3.63, 3.8) is 0 Å². The van der Waals surface area contributed by atoms with Gasteiger partial charge in [0.15, 0.2) is 0 Å². The van der Waals surface area contributed by atoms with Gasteiger partial charge < -0.3 is 5.32 Å². The van der Waals surface area contributed by atoms with Gasteiger partial charge in [-0.3, -0.25) is 9.52 Å². The second-order valence-corrected chi connectivity index (χ2v) is 4.96. The molecule has 0 saturated heterocycles. The van der Waals surface area contributed by atoms with Gasteiger partial charge >= 0.3 is 6.43 Å². The summed E-state index contributed by atoms with van der Waals surface area (Å²) in [7, 11) is -3.54. The molecule has 8 heteroatoms. The Labute approximate surface area is 96.9 Å². The number of carbonyl (C=O) groups is 1. The summed E-state index contributed by atoms with van der Waals surface area (Å²) in [6.07, 6.45) is -2.25. The Balaban J connectivity index is 2.96. The lowest BCUT2D eigenvalue weighted by Crippen LogP contribution is -2.21. The van der Waals surface area contributed by atoms with Crippen molar-refractivity contribution in [2.24, 2.45) is 0 Å². The van der Waals surface area contributed by atoms with Crippen molar-refractivity contribution in [3.8, 4) is 0 Å². The Morgan fingerprint density at radius 1 is 1.24 bits per heavy atom. The molecule has 0 heterocycles. The first-order chi connectivity index (χ1) is 7.79. The van der Waals surface area contributed by atoms with Gasteiger partial charge in [0.05, 0.1) is 17.6 Å². The topological polar surface area (TPSA) is 75.3 Å². The molecule has 1 aromatic carbocycles. The van der Waals surface area contributed by atoms with Crippen LogP contribution in [0.25, 0.3) is 0 Å². The smallest absolute Gasteiger partial charge is 0.315 e. The van der Waals surface area contributed by atoms with Gasteiger partial charge in [0.2, 0.25) is 10.0 Å². The van der Waals surface area contributed by atoms with Crippen LogP contribution in [-0.2, 0) is 14.8 Å². The van der Waals surface area contributed by atoms with E-state index in [0.29, 0.717) is 0 Å². The van der Waals surface area contributed by atoms with Crippen molar-refractivity contribution in [1.82, 2.24) is 0 Å². The van der Waals surface area contributed by atoms with Gasteiger partial charge in [-0.05, 0) is 12.1 Å². The Morgan fingerprint density at radius 3 is 2.24 bits per heavy atom. The van der Waals surface area contributed by atoms with E-state index in [4.69, 9.17) is 0 Å². The Kier molecular flexibility index (Phi) is 4.00. The first-order valence-electron chi connectivity index (χ1n) is 4.45. The molecule has 17 heavy (non-hydrogen) atoms. The summed E-state index contributed by atoms with van der Waals surface area (Å²) < 4.78 is 48.2. The fourth-order valence-electron chi connectivity index (χ4n) is 1.07. The lowest BCUT2D eigenvalue weighted by molar-refractivity contribution is -0.126. The van der Waals surface area contributed by atoms with Crippen LogP contribution in [0, 0.1) is 0 Å². The second-order valence-electron chi connectivity index (χ2n) is 3.21. The molecule has 0 unspecified atom stereocenters. The number of carbonyl (C=O) groups excluding carboxylic acids is 1. The van der Waals surface area contributed by atoms with Crippen LogP contribution < -0.4 is 10.0 Å². The summed E-state index contributed by atoms with van der Waals surface area (Å²) in [4.78, 5) is 10.8. The third-order valence-corrected chi connectivity index (χ3v) is 2.27. The van der Waals surface area contributed by atoms with Crippen LogP contribution in [0.3, 0.4) is 0 Å². The van der Waals surface area contributed by atoms with Crippen LogP contribution >= 0.6 is 0 Å². The Bertz CT molecular complexity index is 517. The number of anilines is 2. The zero-order valence-electron chi connectivity index (χ0n) is 8.78. The monoisotopic (exact) mass is 264 g/mol. The van der Waals surface area contributed by atoms with Crippen molar-refractivity contribution in [3.05, 3.63) is 24.3 Å². The number of nitrogens with one attached hydrogen (secondary N) is 2. The van der Waals surface area contributed by atoms with E-state index in [1.54, 1.807) is 0 Å². The van der Waals surface area contributed by atoms with Crippen LogP contribution in [-0.4, -0.2) is 27.0 Å². The highest BCUT2D eigenvalue weighted by molar-refractivity contribution is 7.92. The molecule has 0 spiro atoms. The van der Waals surface area contributed by atoms with Gasteiger partial charge in [-0.1, -0.05) is 12.1 Å². The quantitative estimate of drug-likeness (QED) is 0.859. The molecular weight excluding hydrogens is 254 g/mol. The van der Waals surface area contributed by atoms with Crippen LogP contribution in [0.4, 0.5) is 20.2 Å². The molecule has 1 rings (SSSR count). The number of amides is 1. The van der Waals surface area contributed by atoms with E-state index in [1.807, 2.05) is 5.32 Å². The molecule has 0 aliphatic carbocycles. The van der Waals surface area contributed by atoms with E-state index < -0.39 is 22.4 Å². The number of benzene rings is 1. The van der Waals surface area contributed by atoms with Gasteiger partial charge in [-0.2, -0.15) is 8.78 Å². The van der Waals surface area contributed by atoms with Crippen LogP contribution in [0.5, 0.6) is 0 Å². The highest BCUT2D eigenvalue weighted by atomic mass is 32.2. The minimum absolute atomic E-state index is 0.0248. The number of halogens is 2. The second kappa shape index (κ2) is 5.09. The molecule has 0 atom stereocenters. The molecule has 0 aromatic heterocycles. The van der Waals surface area contributed by atoms with Crippen LogP contribution in [0.15, 0.2) is 24.3 Å². The number of alkyl halides is 2. The number of hydrogen-bond acceptors (Lipinski definition) is 3. The Hall–Kier alpha value is -1.70. The molecule has 0 aliphatic rings. The number of rotatable bonds is 4. The minimum Gasteiger partial charge on any atom is -0.319 e. The maximum atomic E-state index is 12.0. The number of hydrogen-bond donors (Lipinski definition) is 2. The molecule has 0 fully saturated rings. The summed E-state index contributed by atoms with van der Waals surface area (Å²) in [5.41, 5.74) is 0.00669. The lowest BCUT2D eigenvalue weighted by Gasteiger charge is -2.11. The van der Waals surface area contributed by atoms with Gasteiger partial charge in [0, 0.05) is 0 Å².